The molecule has 2 amide bonds. The Balaban J connectivity index is 1.50. The summed E-state index contributed by atoms with van der Waals surface area (Å²) in [6, 6.07) is 2.06. The van der Waals surface area contributed by atoms with Crippen LogP contribution < -0.4 is 10.2 Å². The fourth-order valence-corrected chi connectivity index (χ4v) is 6.11. The first-order chi connectivity index (χ1) is 17.8. The second kappa shape index (κ2) is 11.1. The minimum absolute atomic E-state index is 0.0682. The molecule has 4 heterocycles. The predicted molar refractivity (Wildman–Crippen MR) is 145 cm³/mol. The lowest BCUT2D eigenvalue weighted by Crippen LogP contribution is -2.63. The van der Waals surface area contributed by atoms with Crippen molar-refractivity contribution in [2.45, 2.75) is 83.8 Å². The molecule has 0 aromatic carbocycles. The van der Waals surface area contributed by atoms with Gasteiger partial charge in [0.25, 0.3) is 5.92 Å². The second-order valence-corrected chi connectivity index (χ2v) is 12.1. The molecule has 10 heteroatoms. The van der Waals surface area contributed by atoms with Gasteiger partial charge >= 0.3 is 0 Å². The number of pyridine rings is 1. The minimum atomic E-state index is -3.02. The van der Waals surface area contributed by atoms with E-state index in [0.717, 1.165) is 31.7 Å². The van der Waals surface area contributed by atoms with Crippen molar-refractivity contribution in [3.05, 3.63) is 23.5 Å². The maximum atomic E-state index is 14.7. The summed E-state index contributed by atoms with van der Waals surface area (Å²) in [5.41, 5.74) is 0.776. The summed E-state index contributed by atoms with van der Waals surface area (Å²) in [6.45, 7) is 16.9. The molecule has 2 saturated heterocycles. The van der Waals surface area contributed by atoms with E-state index < -0.39 is 5.92 Å². The van der Waals surface area contributed by atoms with Crippen LogP contribution in [0.25, 0.3) is 0 Å². The van der Waals surface area contributed by atoms with Crippen LogP contribution in [0.4, 0.5) is 14.5 Å². The van der Waals surface area contributed by atoms with Crippen molar-refractivity contribution in [3.63, 3.8) is 0 Å². The van der Waals surface area contributed by atoms with Crippen LogP contribution in [0.3, 0.4) is 0 Å². The molecule has 1 unspecified atom stereocenters. The number of carbonyl (C=O) groups is 2. The number of halogens is 2. The molecule has 1 N–H and O–H groups in total. The average Bonchev–Trinajstić information content (AvgIpc) is 3.12. The number of piperazine rings is 2. The molecule has 3 atom stereocenters. The van der Waals surface area contributed by atoms with Gasteiger partial charge in [-0.2, -0.15) is 8.78 Å². The van der Waals surface area contributed by atoms with Crippen molar-refractivity contribution >= 4 is 17.5 Å². The molecule has 0 bridgehead atoms. The van der Waals surface area contributed by atoms with E-state index in [2.05, 4.69) is 33.9 Å². The predicted octanol–water partition coefficient (Wildman–Crippen LogP) is 2.81. The zero-order valence-corrected chi connectivity index (χ0v) is 23.8. The number of alkyl halides is 2. The summed E-state index contributed by atoms with van der Waals surface area (Å²) in [4.78, 5) is 37.9. The van der Waals surface area contributed by atoms with Crippen molar-refractivity contribution in [2.24, 2.45) is 0 Å². The van der Waals surface area contributed by atoms with E-state index in [1.54, 1.807) is 24.9 Å². The number of aromatic nitrogens is 1. The molecular formula is C28H44F2N6O2. The van der Waals surface area contributed by atoms with Gasteiger partial charge in [0.2, 0.25) is 11.8 Å². The highest BCUT2D eigenvalue weighted by Gasteiger charge is 2.42. The third-order valence-electron chi connectivity index (χ3n) is 8.42. The average molecular weight is 535 g/mol. The Morgan fingerprint density at radius 3 is 2.58 bits per heavy atom. The molecule has 2 fully saturated rings. The Morgan fingerprint density at radius 1 is 1.18 bits per heavy atom. The van der Waals surface area contributed by atoms with Crippen LogP contribution in [-0.4, -0.2) is 102 Å². The first-order valence-electron chi connectivity index (χ1n) is 14.0. The van der Waals surface area contributed by atoms with Gasteiger partial charge < -0.3 is 15.1 Å². The van der Waals surface area contributed by atoms with E-state index in [1.807, 2.05) is 18.7 Å². The van der Waals surface area contributed by atoms with Crippen LogP contribution in [-0.2, 0) is 20.9 Å². The van der Waals surface area contributed by atoms with Gasteiger partial charge in [0.05, 0.1) is 12.2 Å². The third kappa shape index (κ3) is 6.02. The van der Waals surface area contributed by atoms with Gasteiger partial charge in [-0.25, -0.2) is 0 Å². The van der Waals surface area contributed by atoms with Gasteiger partial charge in [0.15, 0.2) is 0 Å². The Hall–Kier alpha value is -2.17. The summed E-state index contributed by atoms with van der Waals surface area (Å²) < 4.78 is 29.5. The summed E-state index contributed by atoms with van der Waals surface area (Å²) in [6.07, 6.45) is 1.62. The topological polar surface area (TPSA) is 72.0 Å². The monoisotopic (exact) mass is 534 g/mol. The van der Waals surface area contributed by atoms with Crippen LogP contribution in [0, 0.1) is 0 Å². The Morgan fingerprint density at radius 2 is 1.92 bits per heavy atom. The van der Waals surface area contributed by atoms with Crippen LogP contribution in [0.2, 0.25) is 0 Å². The van der Waals surface area contributed by atoms with E-state index >= 15 is 0 Å². The number of nitrogens with one attached hydrogen (secondary N) is 1. The standard InChI is InChI=1S/C28H44F2N6O2/c1-7-8-28(29,30)25-11-24-23(13-32-25)27(5,6)18-36(24)26(38)17-35-14-19(2)31-12-22(35)16-33-9-10-34(21(4)37)15-20(33)3/h11,13,19-20,22,31H,7-10,12,14-18H2,1-6H3/t19-,20?,22-/m1/s1. The fraction of sp³-hybridized carbons (Fsp3) is 0.750. The highest BCUT2D eigenvalue weighted by molar-refractivity contribution is 5.97. The molecule has 8 nitrogen and oxygen atoms in total. The Kier molecular flexibility index (Phi) is 8.45. The first-order valence-corrected chi connectivity index (χ1v) is 14.0. The molecule has 1 aromatic heterocycles. The van der Waals surface area contributed by atoms with Crippen LogP contribution in [0.15, 0.2) is 12.3 Å². The quantitative estimate of drug-likeness (QED) is 0.580. The Labute approximate surface area is 225 Å². The number of hydrogen-bond acceptors (Lipinski definition) is 6. The normalized spacial score (nSPS) is 26.5. The maximum Gasteiger partial charge on any atom is 0.289 e. The van der Waals surface area contributed by atoms with Crippen molar-refractivity contribution < 1.29 is 18.4 Å². The van der Waals surface area contributed by atoms with Gasteiger partial charge in [-0.15, -0.1) is 0 Å². The van der Waals surface area contributed by atoms with E-state index in [4.69, 9.17) is 0 Å². The zero-order chi connectivity index (χ0) is 27.8. The van der Waals surface area contributed by atoms with Crippen LogP contribution in [0.5, 0.6) is 0 Å². The molecular weight excluding hydrogens is 490 g/mol. The molecule has 0 spiro atoms. The molecule has 3 aliphatic heterocycles. The fourth-order valence-electron chi connectivity index (χ4n) is 6.11. The number of amides is 2. The number of carbonyl (C=O) groups excluding carboxylic acids is 2. The lowest BCUT2D eigenvalue weighted by Gasteiger charge is -2.45. The van der Waals surface area contributed by atoms with E-state index in [-0.39, 0.29) is 54.0 Å². The lowest BCUT2D eigenvalue weighted by atomic mass is 9.88. The molecule has 3 aliphatic rings. The number of anilines is 1. The summed E-state index contributed by atoms with van der Waals surface area (Å²) in [7, 11) is 0. The van der Waals surface area contributed by atoms with Gasteiger partial charge in [0.1, 0.15) is 5.69 Å². The van der Waals surface area contributed by atoms with E-state index in [9.17, 15) is 18.4 Å². The zero-order valence-electron chi connectivity index (χ0n) is 23.8. The summed E-state index contributed by atoms with van der Waals surface area (Å²) in [5.74, 6) is -2.98. The summed E-state index contributed by atoms with van der Waals surface area (Å²) in [5, 5.41) is 3.55. The van der Waals surface area contributed by atoms with Crippen molar-refractivity contribution in [3.8, 4) is 0 Å². The highest BCUT2D eigenvalue weighted by Crippen LogP contribution is 2.43. The van der Waals surface area contributed by atoms with E-state index in [0.29, 0.717) is 31.7 Å². The van der Waals surface area contributed by atoms with Gasteiger partial charge in [-0.3, -0.25) is 24.4 Å². The molecule has 0 radical (unpaired) electrons. The minimum Gasteiger partial charge on any atom is -0.340 e. The maximum absolute atomic E-state index is 14.7. The third-order valence-corrected chi connectivity index (χ3v) is 8.42. The molecule has 4 rings (SSSR count). The smallest absolute Gasteiger partial charge is 0.289 e. The number of rotatable bonds is 7. The number of nitrogens with zero attached hydrogens (tertiary/aromatic N) is 5. The molecule has 212 valence electrons. The largest absolute Gasteiger partial charge is 0.340 e. The van der Waals surface area contributed by atoms with E-state index in [1.165, 1.54) is 6.07 Å². The van der Waals surface area contributed by atoms with Gasteiger partial charge in [-0.05, 0) is 19.9 Å². The number of fused-ring (bicyclic) bond motifs is 1. The summed E-state index contributed by atoms with van der Waals surface area (Å²) >= 11 is 0. The molecule has 38 heavy (non-hydrogen) atoms. The van der Waals surface area contributed by atoms with Crippen molar-refractivity contribution in [2.75, 3.05) is 57.3 Å². The molecule has 1 aromatic rings. The SMILES string of the molecule is CCCC(F)(F)c1cc2c(cn1)C(C)(C)CN2C(=O)CN1C[C@@H](C)NC[C@@H]1CN1CCN(C(C)=O)CC1C. The van der Waals surface area contributed by atoms with Gasteiger partial charge in [0, 0.05) is 94.5 Å². The van der Waals surface area contributed by atoms with Gasteiger partial charge in [-0.1, -0.05) is 27.2 Å². The number of hydrogen-bond donors (Lipinski definition) is 1. The first kappa shape index (κ1) is 28.8. The lowest BCUT2D eigenvalue weighted by molar-refractivity contribution is -0.132. The van der Waals surface area contributed by atoms with Crippen LogP contribution in [0.1, 0.15) is 65.6 Å². The molecule has 0 saturated carbocycles. The van der Waals surface area contributed by atoms with Crippen molar-refractivity contribution in [1.82, 2.24) is 25.0 Å². The van der Waals surface area contributed by atoms with Crippen molar-refractivity contribution in [1.29, 1.82) is 0 Å². The second-order valence-electron chi connectivity index (χ2n) is 12.1. The highest BCUT2D eigenvalue weighted by atomic mass is 19.3. The molecule has 0 aliphatic carbocycles. The Bertz CT molecular complexity index is 1030. The van der Waals surface area contributed by atoms with Crippen LogP contribution >= 0.6 is 0 Å².